The summed E-state index contributed by atoms with van der Waals surface area (Å²) >= 11 is 0. The van der Waals surface area contributed by atoms with Crippen molar-refractivity contribution in [3.05, 3.63) is 0 Å². The molecule has 0 aromatic heterocycles. The van der Waals surface area contributed by atoms with E-state index in [1.807, 2.05) is 0 Å². The molecule has 0 unspecified atom stereocenters. The third kappa shape index (κ3) is 3.66. The Kier molecular flexibility index (Phi) is 4.94. The van der Waals surface area contributed by atoms with Gasteiger partial charge in [0.05, 0.1) is 7.11 Å². The molecule has 1 aliphatic rings. The van der Waals surface area contributed by atoms with Crippen LogP contribution in [0.4, 0.5) is 0 Å². The summed E-state index contributed by atoms with van der Waals surface area (Å²) in [5.74, 6) is 0.667. The molecule has 1 saturated heterocycles. The molecule has 0 saturated carbocycles. The fraction of sp³-hybridized carbons (Fsp3) is 0.909. The Morgan fingerprint density at radius 2 is 2.07 bits per heavy atom. The minimum absolute atomic E-state index is 0.0667. The second-order valence-electron chi connectivity index (χ2n) is 3.99. The number of methoxy groups -OCH3 is 1. The van der Waals surface area contributed by atoms with Crippen LogP contribution in [0.25, 0.3) is 0 Å². The minimum atomic E-state index is -0.0667. The third-order valence-electron chi connectivity index (χ3n) is 3.14. The minimum Gasteiger partial charge on any atom is -0.469 e. The van der Waals surface area contributed by atoms with Crippen LogP contribution in [0.15, 0.2) is 0 Å². The zero-order valence-corrected chi connectivity index (χ0v) is 9.29. The highest BCUT2D eigenvalue weighted by atomic mass is 16.5. The largest absolute Gasteiger partial charge is 0.469 e. The van der Waals surface area contributed by atoms with Crippen molar-refractivity contribution in [1.82, 2.24) is 4.90 Å². The Bertz CT molecular complexity index is 174. The molecule has 3 heteroatoms. The first-order valence-electron chi connectivity index (χ1n) is 5.55. The molecule has 0 aliphatic carbocycles. The van der Waals surface area contributed by atoms with Gasteiger partial charge in [-0.25, -0.2) is 0 Å². The van der Waals surface area contributed by atoms with E-state index < -0.39 is 0 Å². The van der Waals surface area contributed by atoms with E-state index in [4.69, 9.17) is 0 Å². The molecule has 1 rings (SSSR count). The maximum absolute atomic E-state index is 10.9. The molecule has 0 N–H and O–H groups in total. The molecule has 1 aliphatic heterocycles. The van der Waals surface area contributed by atoms with Crippen molar-refractivity contribution in [3.63, 3.8) is 0 Å². The molecular weight excluding hydrogens is 178 g/mol. The number of carbonyl (C=O) groups excluding carboxylic acids is 1. The highest BCUT2D eigenvalue weighted by Crippen LogP contribution is 2.21. The fourth-order valence-corrected chi connectivity index (χ4v) is 2.02. The van der Waals surface area contributed by atoms with E-state index in [0.29, 0.717) is 6.42 Å². The van der Waals surface area contributed by atoms with Crippen molar-refractivity contribution in [2.75, 3.05) is 26.7 Å². The summed E-state index contributed by atoms with van der Waals surface area (Å²) < 4.78 is 4.63. The van der Waals surface area contributed by atoms with E-state index in [2.05, 4.69) is 16.6 Å². The van der Waals surface area contributed by atoms with Gasteiger partial charge in [-0.2, -0.15) is 0 Å². The number of ether oxygens (including phenoxy) is 1. The van der Waals surface area contributed by atoms with Crippen molar-refractivity contribution in [1.29, 1.82) is 0 Å². The van der Waals surface area contributed by atoms with Crippen LogP contribution in [0.2, 0.25) is 0 Å². The normalized spacial score (nSPS) is 19.6. The lowest BCUT2D eigenvalue weighted by molar-refractivity contribution is -0.141. The molecule has 0 aromatic carbocycles. The molecule has 0 spiro atoms. The average molecular weight is 199 g/mol. The molecule has 14 heavy (non-hydrogen) atoms. The average Bonchev–Trinajstić information content (AvgIpc) is 2.26. The van der Waals surface area contributed by atoms with Crippen molar-refractivity contribution >= 4 is 5.97 Å². The fourth-order valence-electron chi connectivity index (χ4n) is 2.02. The quantitative estimate of drug-likeness (QED) is 0.645. The molecule has 3 nitrogen and oxygen atoms in total. The van der Waals surface area contributed by atoms with E-state index >= 15 is 0 Å². The van der Waals surface area contributed by atoms with E-state index in [1.54, 1.807) is 0 Å². The number of carbonyl (C=O) groups is 1. The summed E-state index contributed by atoms with van der Waals surface area (Å²) in [4.78, 5) is 13.4. The van der Waals surface area contributed by atoms with Crippen LogP contribution < -0.4 is 0 Å². The van der Waals surface area contributed by atoms with Crippen LogP contribution in [-0.4, -0.2) is 37.6 Å². The summed E-state index contributed by atoms with van der Waals surface area (Å²) in [5.41, 5.74) is 0. The first-order chi connectivity index (χ1) is 6.76. The third-order valence-corrected chi connectivity index (χ3v) is 3.14. The molecule has 1 heterocycles. The predicted molar refractivity (Wildman–Crippen MR) is 56.1 cm³/mol. The molecule has 0 amide bonds. The van der Waals surface area contributed by atoms with Crippen LogP contribution in [0.5, 0.6) is 0 Å². The number of likely N-dealkylation sites (tertiary alicyclic amines) is 1. The van der Waals surface area contributed by atoms with Crippen LogP contribution in [0.3, 0.4) is 0 Å². The summed E-state index contributed by atoms with van der Waals surface area (Å²) in [7, 11) is 1.46. The van der Waals surface area contributed by atoms with Gasteiger partial charge in [0.15, 0.2) is 0 Å². The zero-order chi connectivity index (χ0) is 10.4. The predicted octanol–water partition coefficient (Wildman–Crippen LogP) is 1.67. The molecule has 82 valence electrons. The smallest absolute Gasteiger partial charge is 0.305 e. The Morgan fingerprint density at radius 1 is 1.43 bits per heavy atom. The van der Waals surface area contributed by atoms with Crippen LogP contribution >= 0.6 is 0 Å². The first kappa shape index (κ1) is 11.5. The number of nitrogens with zero attached hydrogens (tertiary/aromatic N) is 1. The molecule has 0 aromatic rings. The number of hydrogen-bond donors (Lipinski definition) is 0. The van der Waals surface area contributed by atoms with Gasteiger partial charge in [0.2, 0.25) is 0 Å². The lowest BCUT2D eigenvalue weighted by atomic mass is 9.92. The number of rotatable bonds is 4. The van der Waals surface area contributed by atoms with Gasteiger partial charge in [-0.3, -0.25) is 4.79 Å². The number of esters is 1. The monoisotopic (exact) mass is 199 g/mol. The van der Waals surface area contributed by atoms with Crippen molar-refractivity contribution in [2.45, 2.75) is 32.6 Å². The lowest BCUT2D eigenvalue weighted by Gasteiger charge is -2.30. The Balaban J connectivity index is 2.13. The van der Waals surface area contributed by atoms with E-state index in [1.165, 1.54) is 33.0 Å². The van der Waals surface area contributed by atoms with E-state index in [-0.39, 0.29) is 5.97 Å². The van der Waals surface area contributed by atoms with E-state index in [9.17, 15) is 4.79 Å². The molecular formula is C11H21NO2. The van der Waals surface area contributed by atoms with Gasteiger partial charge >= 0.3 is 5.97 Å². The molecule has 1 fully saturated rings. The van der Waals surface area contributed by atoms with Gasteiger partial charge in [-0.15, -0.1) is 0 Å². The van der Waals surface area contributed by atoms with Crippen molar-refractivity contribution in [3.8, 4) is 0 Å². The van der Waals surface area contributed by atoms with E-state index in [0.717, 1.165) is 18.9 Å². The SMILES string of the molecule is CCN1CCC(CCC(=O)OC)CC1. The summed E-state index contributed by atoms with van der Waals surface area (Å²) in [6, 6.07) is 0. The second-order valence-corrected chi connectivity index (χ2v) is 3.99. The topological polar surface area (TPSA) is 29.5 Å². The summed E-state index contributed by atoms with van der Waals surface area (Å²) in [6.07, 6.45) is 4.08. The number of piperidine rings is 1. The zero-order valence-electron chi connectivity index (χ0n) is 9.29. The van der Waals surface area contributed by atoms with Crippen LogP contribution in [-0.2, 0) is 9.53 Å². The van der Waals surface area contributed by atoms with Crippen molar-refractivity contribution < 1.29 is 9.53 Å². The maximum Gasteiger partial charge on any atom is 0.305 e. The Morgan fingerprint density at radius 3 is 2.57 bits per heavy atom. The van der Waals surface area contributed by atoms with Gasteiger partial charge < -0.3 is 9.64 Å². The lowest BCUT2D eigenvalue weighted by Crippen LogP contribution is -2.33. The van der Waals surface area contributed by atoms with Gasteiger partial charge in [-0.1, -0.05) is 6.92 Å². The summed E-state index contributed by atoms with van der Waals surface area (Å²) in [6.45, 7) is 5.75. The van der Waals surface area contributed by atoms with Crippen molar-refractivity contribution in [2.24, 2.45) is 5.92 Å². The van der Waals surface area contributed by atoms with Gasteiger partial charge in [-0.05, 0) is 44.8 Å². The second kappa shape index (κ2) is 6.02. The maximum atomic E-state index is 10.9. The van der Waals surface area contributed by atoms with Crippen LogP contribution in [0.1, 0.15) is 32.6 Å². The summed E-state index contributed by atoms with van der Waals surface area (Å²) in [5, 5.41) is 0. The highest BCUT2D eigenvalue weighted by Gasteiger charge is 2.18. The first-order valence-corrected chi connectivity index (χ1v) is 5.55. The van der Waals surface area contributed by atoms with Crippen LogP contribution in [0, 0.1) is 5.92 Å². The van der Waals surface area contributed by atoms with Gasteiger partial charge in [0.25, 0.3) is 0 Å². The number of hydrogen-bond acceptors (Lipinski definition) is 3. The highest BCUT2D eigenvalue weighted by molar-refractivity contribution is 5.69. The van der Waals surface area contributed by atoms with Gasteiger partial charge in [0, 0.05) is 6.42 Å². The molecule has 0 bridgehead atoms. The standard InChI is InChI=1S/C11H21NO2/c1-3-12-8-6-10(7-9-12)4-5-11(13)14-2/h10H,3-9H2,1-2H3. The van der Waals surface area contributed by atoms with Gasteiger partial charge in [0.1, 0.15) is 0 Å². The Hall–Kier alpha value is -0.570. The molecule has 0 radical (unpaired) electrons. The Labute approximate surface area is 86.4 Å². The molecule has 0 atom stereocenters.